The monoisotopic (exact) mass is 434 g/mol. The van der Waals surface area contributed by atoms with E-state index >= 15 is 0 Å². The van der Waals surface area contributed by atoms with Crippen molar-refractivity contribution in [2.45, 2.75) is 32.4 Å². The van der Waals surface area contributed by atoms with Crippen LogP contribution in [0.5, 0.6) is 5.75 Å². The summed E-state index contributed by atoms with van der Waals surface area (Å²) in [7, 11) is 0. The highest BCUT2D eigenvalue weighted by Gasteiger charge is 2.27. The number of piperidine rings is 1. The number of carbonyl (C=O) groups is 1. The summed E-state index contributed by atoms with van der Waals surface area (Å²) in [6, 6.07) is 7.91. The molecule has 158 valence electrons. The Kier molecular flexibility index (Phi) is 5.90. The van der Waals surface area contributed by atoms with Gasteiger partial charge in [-0.05, 0) is 54.5 Å². The lowest BCUT2D eigenvalue weighted by atomic mass is 9.88. The van der Waals surface area contributed by atoms with E-state index in [-0.39, 0.29) is 23.8 Å². The number of rotatable bonds is 5. The number of hydrogen-bond donors (Lipinski definition) is 0. The molecule has 5 nitrogen and oxygen atoms in total. The van der Waals surface area contributed by atoms with Crippen molar-refractivity contribution in [1.29, 1.82) is 0 Å². The van der Waals surface area contributed by atoms with E-state index in [1.807, 2.05) is 6.07 Å². The van der Waals surface area contributed by atoms with Crippen molar-refractivity contribution >= 4 is 23.6 Å². The van der Waals surface area contributed by atoms with Crippen LogP contribution in [-0.4, -0.2) is 35.1 Å². The highest BCUT2D eigenvalue weighted by Crippen LogP contribution is 2.36. The number of halogens is 3. The molecule has 0 unspecified atom stereocenters. The van der Waals surface area contributed by atoms with Crippen molar-refractivity contribution in [1.82, 2.24) is 9.47 Å². The van der Waals surface area contributed by atoms with Gasteiger partial charge in [0.1, 0.15) is 12.3 Å². The molecule has 2 aromatic rings. The molecule has 2 heterocycles. The maximum atomic E-state index is 12.6. The molecule has 1 saturated heterocycles. The zero-order valence-electron chi connectivity index (χ0n) is 16.2. The van der Waals surface area contributed by atoms with E-state index in [0.29, 0.717) is 24.0 Å². The zero-order chi connectivity index (χ0) is 21.3. The van der Waals surface area contributed by atoms with Crippen LogP contribution in [0.25, 0.3) is 6.08 Å². The molecule has 2 aliphatic rings. The molecule has 30 heavy (non-hydrogen) atoms. The number of allylic oxidation sites excluding steroid dienone is 1. The highest BCUT2D eigenvalue weighted by atomic mass is 35.5. The minimum Gasteiger partial charge on any atom is -0.435 e. The summed E-state index contributed by atoms with van der Waals surface area (Å²) in [6.45, 7) is -1.62. The number of fused-ring (bicyclic) bond motifs is 1. The number of nitrogens with zero attached hydrogens (tertiary/aromatic N) is 2. The molecule has 0 spiro atoms. The van der Waals surface area contributed by atoms with Crippen LogP contribution in [0, 0.1) is 5.92 Å². The topological polar surface area (TPSA) is 51.5 Å². The molecule has 0 atom stereocenters. The first-order valence-electron chi connectivity index (χ1n) is 9.81. The number of ether oxygens (including phenoxy) is 1. The maximum Gasteiger partial charge on any atom is 0.387 e. The van der Waals surface area contributed by atoms with Gasteiger partial charge in [-0.2, -0.15) is 8.78 Å². The van der Waals surface area contributed by atoms with Crippen molar-refractivity contribution in [3.8, 4) is 5.75 Å². The lowest BCUT2D eigenvalue weighted by Crippen LogP contribution is -2.41. The first-order valence-corrected chi connectivity index (χ1v) is 10.2. The zero-order valence-corrected chi connectivity index (χ0v) is 16.9. The van der Waals surface area contributed by atoms with Crippen LogP contribution in [0.4, 0.5) is 8.78 Å². The van der Waals surface area contributed by atoms with Crippen LogP contribution in [-0.2, 0) is 17.8 Å². The van der Waals surface area contributed by atoms with E-state index in [4.69, 9.17) is 11.6 Å². The maximum absolute atomic E-state index is 12.6. The molecule has 1 aliphatic carbocycles. The summed E-state index contributed by atoms with van der Waals surface area (Å²) in [6.07, 6.45) is 5.98. The second-order valence-corrected chi connectivity index (χ2v) is 8.04. The molecule has 8 heteroatoms. The number of carbonyl (C=O) groups excluding carboxylic acids is 1. The van der Waals surface area contributed by atoms with Gasteiger partial charge in [0, 0.05) is 25.4 Å². The van der Waals surface area contributed by atoms with Crippen LogP contribution in [0.15, 0.2) is 46.9 Å². The molecular formula is C22H21ClF2N2O3. The molecular weight excluding hydrogens is 414 g/mol. The SMILES string of the molecule is O=C(Cn1cc(Cl)ccc1=O)N1CCC(C2=Cc3cc(OC(F)F)ccc3C2)CC1. The van der Waals surface area contributed by atoms with Gasteiger partial charge in [-0.25, -0.2) is 0 Å². The van der Waals surface area contributed by atoms with E-state index in [2.05, 4.69) is 10.8 Å². The standard InChI is InChI=1S/C22H21ClF2N2O3/c23-18-2-4-20(28)27(12-18)13-21(29)26-7-5-14(6-8-26)16-9-15-1-3-19(30-22(24)25)11-17(15)10-16/h1-4,10-12,14,22H,5-9,13H2. The molecule has 1 aromatic carbocycles. The molecule has 0 bridgehead atoms. The Morgan fingerprint density at radius 2 is 1.97 bits per heavy atom. The quantitative estimate of drug-likeness (QED) is 0.715. The highest BCUT2D eigenvalue weighted by molar-refractivity contribution is 6.30. The van der Waals surface area contributed by atoms with Crippen molar-refractivity contribution in [2.24, 2.45) is 5.92 Å². The summed E-state index contributed by atoms with van der Waals surface area (Å²) in [4.78, 5) is 26.3. The number of hydrogen-bond acceptors (Lipinski definition) is 3. The van der Waals surface area contributed by atoms with Gasteiger partial charge < -0.3 is 14.2 Å². The Balaban J connectivity index is 1.35. The normalized spacial score (nSPS) is 16.5. The molecule has 1 fully saturated rings. The Labute approximate surface area is 177 Å². The third-order valence-electron chi connectivity index (χ3n) is 5.70. The van der Waals surface area contributed by atoms with Gasteiger partial charge in [-0.3, -0.25) is 9.59 Å². The third-order valence-corrected chi connectivity index (χ3v) is 5.93. The van der Waals surface area contributed by atoms with E-state index in [1.165, 1.54) is 28.5 Å². The number of benzene rings is 1. The van der Waals surface area contributed by atoms with E-state index < -0.39 is 6.61 Å². The molecule has 0 N–H and O–H groups in total. The average molecular weight is 435 g/mol. The Morgan fingerprint density at radius 3 is 2.70 bits per heavy atom. The Hall–Kier alpha value is -2.67. The molecule has 1 aromatic heterocycles. The average Bonchev–Trinajstić information content (AvgIpc) is 3.14. The predicted octanol–water partition coefficient (Wildman–Crippen LogP) is 3.98. The summed E-state index contributed by atoms with van der Waals surface area (Å²) >= 11 is 5.91. The van der Waals surface area contributed by atoms with Crippen molar-refractivity contribution in [3.05, 3.63) is 68.6 Å². The lowest BCUT2D eigenvalue weighted by Gasteiger charge is -2.33. The smallest absolute Gasteiger partial charge is 0.387 e. The Morgan fingerprint density at radius 1 is 1.20 bits per heavy atom. The first kappa shape index (κ1) is 20.6. The molecule has 0 saturated carbocycles. The Bertz CT molecular complexity index is 1040. The summed E-state index contributed by atoms with van der Waals surface area (Å²) in [5.41, 5.74) is 3.02. The summed E-state index contributed by atoms with van der Waals surface area (Å²) in [5, 5.41) is 0.413. The van der Waals surface area contributed by atoms with Crippen molar-refractivity contribution in [3.63, 3.8) is 0 Å². The van der Waals surface area contributed by atoms with Gasteiger partial charge in [0.2, 0.25) is 5.91 Å². The molecule has 0 radical (unpaired) electrons. The van der Waals surface area contributed by atoms with Gasteiger partial charge in [0.25, 0.3) is 5.56 Å². The predicted molar refractivity (Wildman–Crippen MR) is 110 cm³/mol. The van der Waals surface area contributed by atoms with Gasteiger partial charge in [0.05, 0.1) is 5.02 Å². The van der Waals surface area contributed by atoms with E-state index in [0.717, 1.165) is 30.4 Å². The largest absolute Gasteiger partial charge is 0.435 e. The fourth-order valence-corrected chi connectivity index (χ4v) is 4.33. The van der Waals surface area contributed by atoms with Gasteiger partial charge >= 0.3 is 6.61 Å². The van der Waals surface area contributed by atoms with Crippen LogP contribution < -0.4 is 10.3 Å². The van der Waals surface area contributed by atoms with Gasteiger partial charge in [0.15, 0.2) is 0 Å². The van der Waals surface area contributed by atoms with Crippen LogP contribution in [0.2, 0.25) is 5.02 Å². The molecule has 4 rings (SSSR count). The second kappa shape index (κ2) is 8.60. The third kappa shape index (κ3) is 4.56. The van der Waals surface area contributed by atoms with Crippen molar-refractivity contribution < 1.29 is 18.3 Å². The van der Waals surface area contributed by atoms with Crippen molar-refractivity contribution in [2.75, 3.05) is 13.1 Å². The number of amides is 1. The summed E-state index contributed by atoms with van der Waals surface area (Å²) < 4.78 is 30.7. The van der Waals surface area contributed by atoms with Crippen LogP contribution in [0.3, 0.4) is 0 Å². The number of likely N-dealkylation sites (tertiary alicyclic amines) is 1. The minimum atomic E-state index is -2.84. The molecule has 1 amide bonds. The lowest BCUT2D eigenvalue weighted by molar-refractivity contribution is -0.133. The van der Waals surface area contributed by atoms with Crippen LogP contribution >= 0.6 is 11.6 Å². The number of aromatic nitrogens is 1. The second-order valence-electron chi connectivity index (χ2n) is 7.60. The van der Waals surface area contributed by atoms with Gasteiger partial charge in [-0.1, -0.05) is 29.3 Å². The summed E-state index contributed by atoms with van der Waals surface area (Å²) in [5.74, 6) is 0.406. The fraction of sp³-hybridized carbons (Fsp3) is 0.364. The number of pyridine rings is 1. The van der Waals surface area contributed by atoms with Gasteiger partial charge in [-0.15, -0.1) is 0 Å². The van der Waals surface area contributed by atoms with E-state index in [1.54, 1.807) is 17.0 Å². The minimum absolute atomic E-state index is 0.0227. The van der Waals surface area contributed by atoms with E-state index in [9.17, 15) is 18.4 Å². The first-order chi connectivity index (χ1) is 14.4. The molecule has 1 aliphatic heterocycles. The fourth-order valence-electron chi connectivity index (χ4n) is 4.15. The number of alkyl halides is 2. The van der Waals surface area contributed by atoms with Crippen LogP contribution in [0.1, 0.15) is 24.0 Å².